The summed E-state index contributed by atoms with van der Waals surface area (Å²) in [5, 5.41) is 2.42. The molecule has 0 unspecified atom stereocenters. The van der Waals surface area contributed by atoms with Gasteiger partial charge in [0.15, 0.2) is 0 Å². The fraction of sp³-hybridized carbons (Fsp3) is 0.105. The lowest BCUT2D eigenvalue weighted by Crippen LogP contribution is -2.26. The topological polar surface area (TPSA) is 20.3 Å². The summed E-state index contributed by atoms with van der Waals surface area (Å²) in [5.41, 5.74) is 1.86. The number of carbonyl (C=O) groups is 1. The Balaban J connectivity index is 1.80. The molecule has 0 heterocycles. The van der Waals surface area contributed by atoms with Crippen LogP contribution in [0.3, 0.4) is 0 Å². The van der Waals surface area contributed by atoms with Crippen LogP contribution in [0.25, 0.3) is 10.8 Å². The molecule has 0 aliphatic rings. The van der Waals surface area contributed by atoms with Gasteiger partial charge in [0, 0.05) is 19.2 Å². The van der Waals surface area contributed by atoms with Crippen molar-refractivity contribution >= 4 is 16.7 Å². The minimum Gasteiger partial charge on any atom is -0.337 e. The summed E-state index contributed by atoms with van der Waals surface area (Å²) >= 11 is 0. The fourth-order valence-corrected chi connectivity index (χ4v) is 2.48. The summed E-state index contributed by atoms with van der Waals surface area (Å²) in [7, 11) is 1.84. The Morgan fingerprint density at radius 2 is 1.52 bits per heavy atom. The Hall–Kier alpha value is -2.61. The van der Waals surface area contributed by atoms with Crippen molar-refractivity contribution in [1.82, 2.24) is 4.90 Å². The molecule has 0 saturated heterocycles. The summed E-state index contributed by atoms with van der Waals surface area (Å²) in [5.74, 6) is 0.0451. The number of benzene rings is 3. The molecule has 0 saturated carbocycles. The maximum Gasteiger partial charge on any atom is 0.253 e. The highest BCUT2D eigenvalue weighted by Crippen LogP contribution is 2.17. The molecule has 0 spiro atoms. The monoisotopic (exact) mass is 275 g/mol. The molecule has 3 aromatic carbocycles. The first-order valence-corrected chi connectivity index (χ1v) is 7.02. The molecule has 1 amide bonds. The molecular weight excluding hydrogens is 258 g/mol. The number of nitrogens with zero attached hydrogens (tertiary/aromatic N) is 1. The minimum absolute atomic E-state index is 0.0451. The Kier molecular flexibility index (Phi) is 3.69. The number of hydrogen-bond acceptors (Lipinski definition) is 1. The van der Waals surface area contributed by atoms with Crippen molar-refractivity contribution < 1.29 is 4.79 Å². The maximum absolute atomic E-state index is 12.3. The Morgan fingerprint density at radius 1 is 0.857 bits per heavy atom. The predicted molar refractivity (Wildman–Crippen MR) is 86.2 cm³/mol. The molecule has 2 nitrogen and oxygen atoms in total. The van der Waals surface area contributed by atoms with Crippen molar-refractivity contribution in [1.29, 1.82) is 0 Å². The van der Waals surface area contributed by atoms with Gasteiger partial charge in [0.1, 0.15) is 0 Å². The molecule has 0 N–H and O–H groups in total. The second kappa shape index (κ2) is 5.80. The van der Waals surface area contributed by atoms with E-state index < -0.39 is 0 Å². The maximum atomic E-state index is 12.3. The minimum atomic E-state index is 0.0451. The second-order valence-corrected chi connectivity index (χ2v) is 5.21. The number of amides is 1. The highest BCUT2D eigenvalue weighted by atomic mass is 16.2. The Bertz CT molecular complexity index is 765. The third-order valence-corrected chi connectivity index (χ3v) is 3.60. The molecule has 0 aliphatic carbocycles. The van der Waals surface area contributed by atoms with Crippen LogP contribution in [0.1, 0.15) is 15.9 Å². The number of rotatable bonds is 3. The second-order valence-electron chi connectivity index (χ2n) is 5.21. The van der Waals surface area contributed by atoms with Crippen molar-refractivity contribution in [3.63, 3.8) is 0 Å². The van der Waals surface area contributed by atoms with E-state index in [1.807, 2.05) is 49.5 Å². The van der Waals surface area contributed by atoms with E-state index in [2.05, 4.69) is 30.3 Å². The summed E-state index contributed by atoms with van der Waals surface area (Å²) in [6, 6.07) is 24.0. The molecule has 0 radical (unpaired) electrons. The van der Waals surface area contributed by atoms with Crippen LogP contribution in [0.2, 0.25) is 0 Å². The molecule has 0 fully saturated rings. The molecule has 0 aromatic heterocycles. The lowest BCUT2D eigenvalue weighted by molar-refractivity contribution is 0.0785. The van der Waals surface area contributed by atoms with Crippen molar-refractivity contribution in [2.24, 2.45) is 0 Å². The Labute approximate surface area is 124 Å². The zero-order valence-corrected chi connectivity index (χ0v) is 12.0. The molecule has 104 valence electrons. The third kappa shape index (κ3) is 2.95. The largest absolute Gasteiger partial charge is 0.337 e. The highest BCUT2D eigenvalue weighted by Gasteiger charge is 2.11. The first-order valence-electron chi connectivity index (χ1n) is 7.02. The number of hydrogen-bond donors (Lipinski definition) is 0. The van der Waals surface area contributed by atoms with Gasteiger partial charge in [0.2, 0.25) is 0 Å². The third-order valence-electron chi connectivity index (χ3n) is 3.60. The number of carbonyl (C=O) groups excluding carboxylic acids is 1. The molecule has 2 heteroatoms. The van der Waals surface area contributed by atoms with Gasteiger partial charge in [-0.05, 0) is 34.5 Å². The van der Waals surface area contributed by atoms with Gasteiger partial charge < -0.3 is 4.90 Å². The summed E-state index contributed by atoms with van der Waals surface area (Å²) in [4.78, 5) is 14.1. The van der Waals surface area contributed by atoms with Crippen LogP contribution >= 0.6 is 0 Å². The SMILES string of the molecule is CN(Cc1ccc2ccccc2c1)C(=O)c1ccccc1. The van der Waals surface area contributed by atoms with Gasteiger partial charge >= 0.3 is 0 Å². The van der Waals surface area contributed by atoms with Crippen molar-refractivity contribution in [3.05, 3.63) is 83.9 Å². The van der Waals surface area contributed by atoms with E-state index in [1.165, 1.54) is 10.8 Å². The normalized spacial score (nSPS) is 10.5. The van der Waals surface area contributed by atoms with Gasteiger partial charge in [0.05, 0.1) is 0 Å². The summed E-state index contributed by atoms with van der Waals surface area (Å²) < 4.78 is 0. The Morgan fingerprint density at radius 3 is 2.29 bits per heavy atom. The van der Waals surface area contributed by atoms with Gasteiger partial charge in [-0.2, -0.15) is 0 Å². The van der Waals surface area contributed by atoms with Crippen LogP contribution < -0.4 is 0 Å². The van der Waals surface area contributed by atoms with Crippen molar-refractivity contribution in [3.8, 4) is 0 Å². The van der Waals surface area contributed by atoms with E-state index in [0.29, 0.717) is 6.54 Å². The zero-order chi connectivity index (χ0) is 14.7. The van der Waals surface area contributed by atoms with Crippen LogP contribution in [-0.4, -0.2) is 17.9 Å². The smallest absolute Gasteiger partial charge is 0.253 e. The van der Waals surface area contributed by atoms with E-state index in [-0.39, 0.29) is 5.91 Å². The predicted octanol–water partition coefficient (Wildman–Crippen LogP) is 4.11. The molecule has 21 heavy (non-hydrogen) atoms. The average Bonchev–Trinajstić information content (AvgIpc) is 2.55. The zero-order valence-electron chi connectivity index (χ0n) is 12.0. The molecule has 3 aromatic rings. The van der Waals surface area contributed by atoms with Crippen LogP contribution in [0.4, 0.5) is 0 Å². The van der Waals surface area contributed by atoms with Gasteiger partial charge in [0.25, 0.3) is 5.91 Å². The molecular formula is C19H17NO. The first-order chi connectivity index (χ1) is 10.2. The van der Waals surface area contributed by atoms with Gasteiger partial charge in [-0.25, -0.2) is 0 Å². The number of fused-ring (bicyclic) bond motifs is 1. The van der Waals surface area contributed by atoms with Gasteiger partial charge in [-0.3, -0.25) is 4.79 Å². The molecule has 3 rings (SSSR count). The standard InChI is InChI=1S/C19H17NO/c1-20(19(21)17-8-3-2-4-9-17)14-15-11-12-16-7-5-6-10-18(16)13-15/h2-13H,14H2,1H3. The van der Waals surface area contributed by atoms with Crippen molar-refractivity contribution in [2.45, 2.75) is 6.54 Å². The van der Waals surface area contributed by atoms with Gasteiger partial charge in [-0.1, -0.05) is 54.6 Å². The molecule has 0 atom stereocenters. The van der Waals surface area contributed by atoms with Crippen molar-refractivity contribution in [2.75, 3.05) is 7.05 Å². The molecule has 0 bridgehead atoms. The highest BCUT2D eigenvalue weighted by molar-refractivity contribution is 5.94. The average molecular weight is 275 g/mol. The quantitative estimate of drug-likeness (QED) is 0.704. The van der Waals surface area contributed by atoms with Crippen LogP contribution in [0.15, 0.2) is 72.8 Å². The van der Waals surface area contributed by atoms with E-state index in [0.717, 1.165) is 11.1 Å². The van der Waals surface area contributed by atoms with E-state index in [4.69, 9.17) is 0 Å². The van der Waals surface area contributed by atoms with E-state index in [9.17, 15) is 4.79 Å². The first kappa shape index (κ1) is 13.4. The van der Waals surface area contributed by atoms with E-state index in [1.54, 1.807) is 4.90 Å². The summed E-state index contributed by atoms with van der Waals surface area (Å²) in [6.45, 7) is 0.610. The van der Waals surface area contributed by atoms with E-state index >= 15 is 0 Å². The lowest BCUT2D eigenvalue weighted by atomic mass is 10.1. The summed E-state index contributed by atoms with van der Waals surface area (Å²) in [6.07, 6.45) is 0. The van der Waals surface area contributed by atoms with Crippen LogP contribution in [0, 0.1) is 0 Å². The molecule has 0 aliphatic heterocycles. The lowest BCUT2D eigenvalue weighted by Gasteiger charge is -2.17. The van der Waals surface area contributed by atoms with Gasteiger partial charge in [-0.15, -0.1) is 0 Å². The van der Waals surface area contributed by atoms with Crippen LogP contribution in [0.5, 0.6) is 0 Å². The fourth-order valence-electron chi connectivity index (χ4n) is 2.48. The van der Waals surface area contributed by atoms with Crippen LogP contribution in [-0.2, 0) is 6.54 Å².